The van der Waals surface area contributed by atoms with Crippen LogP contribution >= 0.6 is 11.8 Å². The van der Waals surface area contributed by atoms with Gasteiger partial charge >= 0.3 is 0 Å². The Labute approximate surface area is 114 Å². The van der Waals surface area contributed by atoms with Gasteiger partial charge in [0.15, 0.2) is 0 Å². The Hall–Kier alpha value is -0.710. The highest BCUT2D eigenvalue weighted by atomic mass is 32.2. The van der Waals surface area contributed by atoms with Crippen LogP contribution in [-0.2, 0) is 0 Å². The highest BCUT2D eigenvalue weighted by Crippen LogP contribution is 2.30. The fourth-order valence-electron chi connectivity index (χ4n) is 2.19. The molecule has 1 N–H and O–H groups in total. The summed E-state index contributed by atoms with van der Waals surface area (Å²) in [6.07, 6.45) is 0. The van der Waals surface area contributed by atoms with Gasteiger partial charge in [0.1, 0.15) is 5.75 Å². The average molecular weight is 266 g/mol. The summed E-state index contributed by atoms with van der Waals surface area (Å²) in [6.45, 7) is 5.48. The summed E-state index contributed by atoms with van der Waals surface area (Å²) >= 11 is 1.88. The fraction of sp³-hybridized carbons (Fsp3) is 0.571. The quantitative estimate of drug-likeness (QED) is 0.843. The molecule has 4 heteroatoms. The second kappa shape index (κ2) is 6.45. The van der Waals surface area contributed by atoms with Crippen molar-refractivity contribution in [1.29, 1.82) is 0 Å². The minimum atomic E-state index is 0.568. The first-order valence-corrected chi connectivity index (χ1v) is 7.37. The first kappa shape index (κ1) is 13.7. The first-order valence-electron chi connectivity index (χ1n) is 6.38. The van der Waals surface area contributed by atoms with Gasteiger partial charge < -0.3 is 15.0 Å². The van der Waals surface area contributed by atoms with Crippen molar-refractivity contribution >= 4 is 11.8 Å². The second-order valence-corrected chi connectivity index (χ2v) is 5.94. The van der Waals surface area contributed by atoms with E-state index >= 15 is 0 Å². The summed E-state index contributed by atoms with van der Waals surface area (Å²) in [5.74, 6) is 2.07. The molecule has 1 saturated heterocycles. The number of benzene rings is 1. The van der Waals surface area contributed by atoms with Gasteiger partial charge in [-0.05, 0) is 31.7 Å². The maximum absolute atomic E-state index is 5.41. The molecule has 1 heterocycles. The molecule has 0 bridgehead atoms. The van der Waals surface area contributed by atoms with Crippen molar-refractivity contribution in [2.75, 3.05) is 39.5 Å². The molecule has 100 valence electrons. The number of likely N-dealkylation sites (N-methyl/N-ethyl adjacent to an activating group) is 1. The maximum Gasteiger partial charge on any atom is 0.132 e. The zero-order valence-electron chi connectivity index (χ0n) is 11.4. The summed E-state index contributed by atoms with van der Waals surface area (Å²) < 4.78 is 5.41. The van der Waals surface area contributed by atoms with E-state index in [-0.39, 0.29) is 0 Å². The van der Waals surface area contributed by atoms with Crippen LogP contribution in [0, 0.1) is 6.92 Å². The van der Waals surface area contributed by atoms with E-state index in [0.717, 1.165) is 31.1 Å². The summed E-state index contributed by atoms with van der Waals surface area (Å²) in [4.78, 5) is 3.63. The zero-order chi connectivity index (χ0) is 13.0. The normalized spacial score (nSPS) is 20.9. The number of hydrogen-bond acceptors (Lipinski definition) is 4. The number of nitrogens with zero attached hydrogens (tertiary/aromatic N) is 1. The number of thioether (sulfide) groups is 1. The van der Waals surface area contributed by atoms with E-state index < -0.39 is 0 Å². The lowest BCUT2D eigenvalue weighted by atomic mass is 10.2. The molecule has 0 saturated carbocycles. The van der Waals surface area contributed by atoms with Crippen molar-refractivity contribution in [2.24, 2.45) is 0 Å². The van der Waals surface area contributed by atoms with Crippen molar-refractivity contribution in [2.45, 2.75) is 17.9 Å². The molecule has 1 aliphatic rings. The van der Waals surface area contributed by atoms with Crippen LogP contribution in [0.3, 0.4) is 0 Å². The third-order valence-corrected chi connectivity index (χ3v) is 4.42. The summed E-state index contributed by atoms with van der Waals surface area (Å²) in [7, 11) is 3.92. The fourth-order valence-corrected chi connectivity index (χ4v) is 3.36. The molecule has 0 aromatic heterocycles. The lowest BCUT2D eigenvalue weighted by Crippen LogP contribution is -2.50. The Balaban J connectivity index is 1.94. The highest BCUT2D eigenvalue weighted by Gasteiger charge is 2.17. The number of piperazine rings is 1. The van der Waals surface area contributed by atoms with E-state index in [0.29, 0.717) is 6.04 Å². The predicted octanol–water partition coefficient (Wildman–Crippen LogP) is 2.00. The number of methoxy groups -OCH3 is 1. The smallest absolute Gasteiger partial charge is 0.132 e. The van der Waals surface area contributed by atoms with Crippen molar-refractivity contribution in [3.05, 3.63) is 23.8 Å². The number of aryl methyl sites for hydroxylation is 1. The summed E-state index contributed by atoms with van der Waals surface area (Å²) in [6, 6.07) is 6.92. The predicted molar refractivity (Wildman–Crippen MR) is 77.7 cm³/mol. The monoisotopic (exact) mass is 266 g/mol. The number of rotatable bonds is 4. The Morgan fingerprint density at radius 3 is 3.06 bits per heavy atom. The van der Waals surface area contributed by atoms with E-state index in [1.54, 1.807) is 7.11 Å². The Morgan fingerprint density at radius 2 is 2.33 bits per heavy atom. The Morgan fingerprint density at radius 1 is 1.50 bits per heavy atom. The minimum absolute atomic E-state index is 0.568. The standard InChI is InChI=1S/C14H22N2OS/c1-11-4-5-13(17-3)14(8-11)18-10-12-9-16(2)7-6-15-12/h4-5,8,12,15H,6-7,9-10H2,1-3H3. The van der Waals surface area contributed by atoms with Gasteiger partial charge in [-0.1, -0.05) is 6.07 Å². The molecular weight excluding hydrogens is 244 g/mol. The van der Waals surface area contributed by atoms with Crippen LogP contribution in [0.2, 0.25) is 0 Å². The van der Waals surface area contributed by atoms with Gasteiger partial charge in [-0.15, -0.1) is 11.8 Å². The van der Waals surface area contributed by atoms with E-state index in [4.69, 9.17) is 4.74 Å². The molecule has 1 aromatic rings. The molecular formula is C14H22N2OS. The van der Waals surface area contributed by atoms with E-state index in [1.807, 2.05) is 11.8 Å². The number of nitrogens with one attached hydrogen (secondary N) is 1. The van der Waals surface area contributed by atoms with Crippen molar-refractivity contribution in [1.82, 2.24) is 10.2 Å². The molecule has 0 amide bonds. The molecule has 0 spiro atoms. The first-order chi connectivity index (χ1) is 8.69. The molecule has 1 aliphatic heterocycles. The Kier molecular flexibility index (Phi) is 4.92. The van der Waals surface area contributed by atoms with E-state index in [2.05, 4.69) is 42.4 Å². The molecule has 1 fully saturated rings. The zero-order valence-corrected chi connectivity index (χ0v) is 12.2. The molecule has 3 nitrogen and oxygen atoms in total. The van der Waals surface area contributed by atoms with Crippen molar-refractivity contribution in [3.8, 4) is 5.75 Å². The molecule has 18 heavy (non-hydrogen) atoms. The SMILES string of the molecule is COc1ccc(C)cc1SCC1CN(C)CCN1. The van der Waals surface area contributed by atoms with Crippen LogP contribution in [0.5, 0.6) is 5.75 Å². The Bertz CT molecular complexity index is 397. The largest absolute Gasteiger partial charge is 0.496 e. The topological polar surface area (TPSA) is 24.5 Å². The van der Waals surface area contributed by atoms with Gasteiger partial charge in [0, 0.05) is 36.3 Å². The third-order valence-electron chi connectivity index (χ3n) is 3.22. The molecule has 1 atom stereocenters. The second-order valence-electron chi connectivity index (χ2n) is 4.88. The van der Waals surface area contributed by atoms with Crippen LogP contribution in [0.25, 0.3) is 0 Å². The average Bonchev–Trinajstić information content (AvgIpc) is 2.37. The third kappa shape index (κ3) is 3.64. The van der Waals surface area contributed by atoms with E-state index in [1.165, 1.54) is 10.5 Å². The van der Waals surface area contributed by atoms with Crippen LogP contribution in [0.4, 0.5) is 0 Å². The maximum atomic E-state index is 5.41. The van der Waals surface area contributed by atoms with Gasteiger partial charge in [0.25, 0.3) is 0 Å². The van der Waals surface area contributed by atoms with Crippen LogP contribution in [0.15, 0.2) is 23.1 Å². The van der Waals surface area contributed by atoms with Crippen molar-refractivity contribution in [3.63, 3.8) is 0 Å². The number of hydrogen-bond donors (Lipinski definition) is 1. The molecule has 0 radical (unpaired) electrons. The lowest BCUT2D eigenvalue weighted by molar-refractivity contribution is 0.250. The molecule has 1 aromatic carbocycles. The minimum Gasteiger partial charge on any atom is -0.496 e. The summed E-state index contributed by atoms with van der Waals surface area (Å²) in [5.41, 5.74) is 1.28. The molecule has 2 rings (SSSR count). The summed E-state index contributed by atoms with van der Waals surface area (Å²) in [5, 5.41) is 3.57. The van der Waals surface area contributed by atoms with Crippen LogP contribution in [0.1, 0.15) is 5.56 Å². The van der Waals surface area contributed by atoms with Gasteiger partial charge in [0.2, 0.25) is 0 Å². The van der Waals surface area contributed by atoms with Crippen LogP contribution in [-0.4, -0.2) is 50.5 Å². The van der Waals surface area contributed by atoms with Crippen LogP contribution < -0.4 is 10.1 Å². The number of ether oxygens (including phenoxy) is 1. The van der Waals surface area contributed by atoms with Gasteiger partial charge in [0.05, 0.1) is 7.11 Å². The van der Waals surface area contributed by atoms with Crippen molar-refractivity contribution < 1.29 is 4.74 Å². The van der Waals surface area contributed by atoms with E-state index in [9.17, 15) is 0 Å². The molecule has 1 unspecified atom stereocenters. The lowest BCUT2D eigenvalue weighted by Gasteiger charge is -2.30. The highest BCUT2D eigenvalue weighted by molar-refractivity contribution is 7.99. The molecule has 0 aliphatic carbocycles. The van der Waals surface area contributed by atoms with Gasteiger partial charge in [-0.3, -0.25) is 0 Å². The van der Waals surface area contributed by atoms with Gasteiger partial charge in [-0.25, -0.2) is 0 Å². The van der Waals surface area contributed by atoms with Gasteiger partial charge in [-0.2, -0.15) is 0 Å².